The van der Waals surface area contributed by atoms with Gasteiger partial charge in [0.15, 0.2) is 0 Å². The van der Waals surface area contributed by atoms with E-state index in [1.165, 1.54) is 19.5 Å². The first-order chi connectivity index (χ1) is 5.45. The summed E-state index contributed by atoms with van der Waals surface area (Å²) in [5, 5.41) is 8.08. The smallest absolute Gasteiger partial charge is 0.0537 e. The zero-order valence-electron chi connectivity index (χ0n) is 5.53. The molecule has 0 aliphatic rings. The maximum Gasteiger partial charge on any atom is 0.0537 e. The summed E-state index contributed by atoms with van der Waals surface area (Å²) in [5.74, 6) is 0. The van der Waals surface area contributed by atoms with E-state index in [0.29, 0.717) is 0 Å². The third kappa shape index (κ3) is 0.732. The lowest BCUT2D eigenvalue weighted by molar-refractivity contribution is 2.26. The Labute approximate surface area is 75.7 Å². The van der Waals surface area contributed by atoms with Gasteiger partial charge in [-0.3, -0.25) is 0 Å². The fourth-order valence-corrected chi connectivity index (χ4v) is 4.52. The average Bonchev–Trinajstić information content (AvgIpc) is 2.52. The van der Waals surface area contributed by atoms with Crippen LogP contribution in [0.1, 0.15) is 0 Å². The van der Waals surface area contributed by atoms with Crippen molar-refractivity contribution >= 4 is 53.5 Å². The van der Waals surface area contributed by atoms with Gasteiger partial charge in [-0.05, 0) is 11.4 Å². The first-order valence-electron chi connectivity index (χ1n) is 3.27. The second-order valence-electron chi connectivity index (χ2n) is 2.37. The van der Waals surface area contributed by atoms with E-state index < -0.39 is 0 Å². The lowest BCUT2D eigenvalue weighted by Crippen LogP contribution is -1.42. The number of hydrogen-bond donors (Lipinski definition) is 0. The van der Waals surface area contributed by atoms with E-state index in [1.807, 2.05) is 22.7 Å². The summed E-state index contributed by atoms with van der Waals surface area (Å²) < 4.78 is 4.34. The average molecular weight is 196 g/mol. The van der Waals surface area contributed by atoms with Gasteiger partial charge in [-0.2, -0.15) is 11.3 Å². The highest BCUT2D eigenvalue weighted by atomic mass is 32.1. The molecule has 0 spiro atoms. The second-order valence-corrected chi connectivity index (χ2v) is 5.11. The van der Waals surface area contributed by atoms with Crippen LogP contribution in [0.3, 0.4) is 0 Å². The number of thiophene rings is 3. The van der Waals surface area contributed by atoms with Gasteiger partial charge in [-0.15, -0.1) is 22.7 Å². The molecule has 3 rings (SSSR count). The van der Waals surface area contributed by atoms with Gasteiger partial charge in [-0.1, -0.05) is 0 Å². The van der Waals surface area contributed by atoms with Gasteiger partial charge in [0.1, 0.15) is 0 Å². The molecular weight excluding hydrogens is 192 g/mol. The van der Waals surface area contributed by atoms with Crippen molar-refractivity contribution in [1.29, 1.82) is 0 Å². The topological polar surface area (TPSA) is 0 Å². The highest BCUT2D eigenvalue weighted by molar-refractivity contribution is 7.33. The molecule has 0 aromatic carbocycles. The molecule has 0 saturated heterocycles. The van der Waals surface area contributed by atoms with Gasteiger partial charge in [-0.25, -0.2) is 0 Å². The summed E-state index contributed by atoms with van der Waals surface area (Å²) in [6.07, 6.45) is 0. The van der Waals surface area contributed by atoms with Crippen molar-refractivity contribution in [1.82, 2.24) is 0 Å². The van der Waals surface area contributed by atoms with Crippen LogP contribution in [0, 0.1) is 0 Å². The molecule has 3 aromatic rings. The summed E-state index contributed by atoms with van der Waals surface area (Å²) in [6, 6.07) is 2.20. The molecule has 0 amide bonds. The van der Waals surface area contributed by atoms with Gasteiger partial charge in [0, 0.05) is 25.5 Å². The fourth-order valence-electron chi connectivity index (χ4n) is 1.22. The third-order valence-electron chi connectivity index (χ3n) is 1.72. The lowest BCUT2D eigenvalue weighted by atomic mass is 10.4. The van der Waals surface area contributed by atoms with Gasteiger partial charge in [0.2, 0.25) is 0 Å². The predicted octanol–water partition coefficient (Wildman–Crippen LogP) is 4.18. The Bertz CT molecular complexity index is 452. The predicted molar refractivity (Wildman–Crippen MR) is 55.1 cm³/mol. The van der Waals surface area contributed by atoms with E-state index in [1.54, 1.807) is 11.3 Å². The van der Waals surface area contributed by atoms with Crippen LogP contribution in [0.25, 0.3) is 19.5 Å². The highest BCUT2D eigenvalue weighted by Gasteiger charge is 2.05. The Hall–Kier alpha value is -0.380. The molecule has 11 heavy (non-hydrogen) atoms. The monoisotopic (exact) mass is 196 g/mol. The Morgan fingerprint density at radius 1 is 1.09 bits per heavy atom. The molecule has 0 aliphatic carbocycles. The quantitative estimate of drug-likeness (QED) is 0.506. The molecule has 0 bridgehead atoms. The normalized spacial score (nSPS) is 11.6. The van der Waals surface area contributed by atoms with Crippen molar-refractivity contribution in [2.75, 3.05) is 0 Å². The zero-order valence-corrected chi connectivity index (χ0v) is 7.98. The summed E-state index contributed by atoms with van der Waals surface area (Å²) in [7, 11) is 0. The number of fused-ring (bicyclic) bond motifs is 3. The number of hydrogen-bond acceptors (Lipinski definition) is 3. The van der Waals surface area contributed by atoms with Gasteiger partial charge >= 0.3 is 0 Å². The van der Waals surface area contributed by atoms with Gasteiger partial charge < -0.3 is 0 Å². The molecule has 0 atom stereocenters. The molecule has 3 heterocycles. The van der Waals surface area contributed by atoms with E-state index >= 15 is 0 Å². The summed E-state index contributed by atoms with van der Waals surface area (Å²) >= 11 is 5.54. The Morgan fingerprint density at radius 3 is 3.09 bits per heavy atom. The van der Waals surface area contributed by atoms with Crippen molar-refractivity contribution in [3.63, 3.8) is 0 Å². The Kier molecular flexibility index (Phi) is 1.16. The van der Waals surface area contributed by atoms with Crippen molar-refractivity contribution in [2.24, 2.45) is 0 Å². The maximum absolute atomic E-state index is 2.24. The molecular formula is C8H4S3. The molecule has 54 valence electrons. The molecule has 0 saturated carbocycles. The van der Waals surface area contributed by atoms with Crippen LogP contribution in [-0.2, 0) is 0 Å². The molecule has 3 aromatic heterocycles. The van der Waals surface area contributed by atoms with Crippen LogP contribution < -0.4 is 0 Å². The number of rotatable bonds is 0. The first kappa shape index (κ1) is 6.17. The summed E-state index contributed by atoms with van der Waals surface area (Å²) in [6.45, 7) is 0. The second kappa shape index (κ2) is 2.06. The van der Waals surface area contributed by atoms with Crippen molar-refractivity contribution in [3.05, 3.63) is 22.2 Å². The standard InChI is InChI=1S/C8H4S3/c1-2-10-8-5-3-9-4-7(5)11-6(1)8/h1-4H. The molecule has 0 aliphatic heterocycles. The van der Waals surface area contributed by atoms with Crippen LogP contribution in [0.2, 0.25) is 0 Å². The van der Waals surface area contributed by atoms with Gasteiger partial charge in [0.05, 0.1) is 4.70 Å². The minimum absolute atomic E-state index is 1.44. The van der Waals surface area contributed by atoms with Crippen molar-refractivity contribution in [3.8, 4) is 0 Å². The first-order valence-corrected chi connectivity index (χ1v) is 5.91. The minimum Gasteiger partial charge on any atom is -0.150 e. The van der Waals surface area contributed by atoms with Crippen molar-refractivity contribution < 1.29 is 0 Å². The van der Waals surface area contributed by atoms with Crippen LogP contribution >= 0.6 is 34.0 Å². The van der Waals surface area contributed by atoms with Crippen LogP contribution in [-0.4, -0.2) is 0 Å². The van der Waals surface area contributed by atoms with E-state index in [4.69, 9.17) is 0 Å². The van der Waals surface area contributed by atoms with Crippen LogP contribution in [0.4, 0.5) is 0 Å². The summed E-state index contributed by atoms with van der Waals surface area (Å²) in [5.41, 5.74) is 0. The van der Waals surface area contributed by atoms with Crippen LogP contribution in [0.15, 0.2) is 22.2 Å². The minimum atomic E-state index is 1.44. The molecule has 0 N–H and O–H groups in total. The van der Waals surface area contributed by atoms with Crippen LogP contribution in [0.5, 0.6) is 0 Å². The summed E-state index contributed by atoms with van der Waals surface area (Å²) in [4.78, 5) is 0. The largest absolute Gasteiger partial charge is 0.150 e. The van der Waals surface area contributed by atoms with E-state index in [9.17, 15) is 0 Å². The Balaban J connectivity index is 2.75. The molecule has 0 nitrogen and oxygen atoms in total. The fraction of sp³-hybridized carbons (Fsp3) is 0. The van der Waals surface area contributed by atoms with E-state index in [0.717, 1.165) is 0 Å². The molecule has 0 radical (unpaired) electrons. The molecule has 3 heteroatoms. The highest BCUT2D eigenvalue weighted by Crippen LogP contribution is 2.38. The lowest BCUT2D eigenvalue weighted by Gasteiger charge is -1.71. The Morgan fingerprint density at radius 2 is 2.09 bits per heavy atom. The van der Waals surface area contributed by atoms with E-state index in [-0.39, 0.29) is 0 Å². The molecule has 0 unspecified atom stereocenters. The van der Waals surface area contributed by atoms with Gasteiger partial charge in [0.25, 0.3) is 0 Å². The maximum atomic E-state index is 2.24. The van der Waals surface area contributed by atoms with E-state index in [2.05, 4.69) is 22.2 Å². The van der Waals surface area contributed by atoms with Crippen molar-refractivity contribution in [2.45, 2.75) is 0 Å². The SMILES string of the molecule is c1cc2sc3cscc3c2s1. The third-order valence-corrected chi connectivity index (χ3v) is 4.81. The zero-order chi connectivity index (χ0) is 7.26. The molecule has 0 fully saturated rings.